The number of amides is 4. The molecule has 0 aliphatic rings. The highest BCUT2D eigenvalue weighted by atomic mass is 16.4. The van der Waals surface area contributed by atoms with Gasteiger partial charge in [0.25, 0.3) is 0 Å². The first-order valence-corrected chi connectivity index (χ1v) is 10.8. The quantitative estimate of drug-likeness (QED) is 0.103. The van der Waals surface area contributed by atoms with Crippen LogP contribution >= 0.6 is 0 Å². The molecule has 0 aliphatic heterocycles. The first-order valence-electron chi connectivity index (χ1n) is 10.8. The van der Waals surface area contributed by atoms with Gasteiger partial charge in [-0.3, -0.25) is 28.8 Å². The van der Waals surface area contributed by atoms with Gasteiger partial charge in [0, 0.05) is 19.3 Å². The second kappa shape index (κ2) is 15.2. The van der Waals surface area contributed by atoms with E-state index < -0.39 is 97.3 Å². The molecule has 0 saturated heterocycles. The smallest absolute Gasteiger partial charge is 0.326 e. The van der Waals surface area contributed by atoms with Crippen molar-refractivity contribution in [2.24, 2.45) is 17.4 Å². The van der Waals surface area contributed by atoms with Gasteiger partial charge in [0.2, 0.25) is 23.6 Å². The lowest BCUT2D eigenvalue weighted by atomic mass is 10.0. The Labute approximate surface area is 201 Å². The predicted octanol–water partition coefficient (Wildman–Crippen LogP) is -2.50. The van der Waals surface area contributed by atoms with Crippen molar-refractivity contribution >= 4 is 41.5 Å². The van der Waals surface area contributed by atoms with Gasteiger partial charge in [-0.1, -0.05) is 13.8 Å². The predicted molar refractivity (Wildman–Crippen MR) is 118 cm³/mol. The fraction of sp³-hybridized carbons (Fsp3) is 0.650. The summed E-state index contributed by atoms with van der Waals surface area (Å²) in [6.07, 6.45) is -2.25. The number of rotatable bonds is 17. The SMILES string of the molecule is CC(C)C(NC(=O)C(CCC(=O)O)NC(=O)C(CCC(=O)O)NC(=O)C(N)CCC(N)=O)C(=O)O. The van der Waals surface area contributed by atoms with E-state index in [-0.39, 0.29) is 12.8 Å². The molecular weight excluding hydrogens is 470 g/mol. The molecule has 198 valence electrons. The Morgan fingerprint density at radius 2 is 1.11 bits per heavy atom. The molecule has 0 radical (unpaired) electrons. The lowest BCUT2D eigenvalue weighted by Gasteiger charge is -2.25. The highest BCUT2D eigenvalue weighted by Gasteiger charge is 2.31. The maximum atomic E-state index is 12.8. The van der Waals surface area contributed by atoms with Gasteiger partial charge in [-0.15, -0.1) is 0 Å². The van der Waals surface area contributed by atoms with Crippen molar-refractivity contribution < 1.29 is 48.9 Å². The number of nitrogens with two attached hydrogens (primary N) is 2. The topological polar surface area (TPSA) is 268 Å². The Hall–Kier alpha value is -3.75. The summed E-state index contributed by atoms with van der Waals surface area (Å²) < 4.78 is 0. The molecule has 0 bridgehead atoms. The summed E-state index contributed by atoms with van der Waals surface area (Å²) in [5.74, 6) is -8.00. The number of nitrogens with one attached hydrogen (secondary N) is 3. The van der Waals surface area contributed by atoms with Crippen molar-refractivity contribution in [2.75, 3.05) is 0 Å². The van der Waals surface area contributed by atoms with Gasteiger partial charge < -0.3 is 42.7 Å². The maximum absolute atomic E-state index is 12.8. The lowest BCUT2D eigenvalue weighted by Crippen LogP contribution is -2.57. The van der Waals surface area contributed by atoms with Gasteiger partial charge in [-0.2, -0.15) is 0 Å². The molecule has 0 heterocycles. The van der Waals surface area contributed by atoms with Crippen molar-refractivity contribution in [3.63, 3.8) is 0 Å². The number of carboxylic acid groups (broad SMARTS) is 3. The van der Waals surface area contributed by atoms with Crippen LogP contribution in [-0.4, -0.2) is 81.0 Å². The van der Waals surface area contributed by atoms with Crippen LogP contribution in [0.5, 0.6) is 0 Å². The third-order valence-corrected chi connectivity index (χ3v) is 4.83. The maximum Gasteiger partial charge on any atom is 0.326 e. The number of carbonyl (C=O) groups excluding carboxylic acids is 4. The van der Waals surface area contributed by atoms with E-state index in [1.165, 1.54) is 13.8 Å². The minimum Gasteiger partial charge on any atom is -0.481 e. The van der Waals surface area contributed by atoms with Gasteiger partial charge in [0.15, 0.2) is 0 Å². The van der Waals surface area contributed by atoms with Crippen molar-refractivity contribution in [3.8, 4) is 0 Å². The molecule has 4 unspecified atom stereocenters. The van der Waals surface area contributed by atoms with Gasteiger partial charge >= 0.3 is 17.9 Å². The number of hydrogen-bond donors (Lipinski definition) is 8. The zero-order chi connectivity index (χ0) is 27.3. The van der Waals surface area contributed by atoms with Crippen LogP contribution < -0.4 is 27.4 Å². The van der Waals surface area contributed by atoms with Crippen LogP contribution in [0.25, 0.3) is 0 Å². The van der Waals surface area contributed by atoms with E-state index in [0.717, 1.165) is 0 Å². The summed E-state index contributed by atoms with van der Waals surface area (Å²) in [7, 11) is 0. The zero-order valence-corrected chi connectivity index (χ0v) is 19.5. The van der Waals surface area contributed by atoms with Crippen LogP contribution in [0.2, 0.25) is 0 Å². The zero-order valence-electron chi connectivity index (χ0n) is 19.5. The van der Waals surface area contributed by atoms with E-state index in [1.807, 2.05) is 0 Å². The molecule has 0 fully saturated rings. The number of carbonyl (C=O) groups is 7. The average Bonchev–Trinajstić information content (AvgIpc) is 2.74. The first-order chi connectivity index (χ1) is 16.1. The molecular formula is C20H33N5O10. The molecule has 0 spiro atoms. The monoisotopic (exact) mass is 503 g/mol. The van der Waals surface area contributed by atoms with Crippen molar-refractivity contribution in [1.29, 1.82) is 0 Å². The van der Waals surface area contributed by atoms with Crippen LogP contribution in [0.1, 0.15) is 52.4 Å². The van der Waals surface area contributed by atoms with Crippen molar-refractivity contribution in [1.82, 2.24) is 16.0 Å². The Kier molecular flexibility index (Phi) is 13.6. The van der Waals surface area contributed by atoms with E-state index >= 15 is 0 Å². The van der Waals surface area contributed by atoms with E-state index in [4.69, 9.17) is 21.7 Å². The van der Waals surface area contributed by atoms with E-state index in [1.54, 1.807) is 0 Å². The van der Waals surface area contributed by atoms with Crippen molar-refractivity contribution in [2.45, 2.75) is 76.5 Å². The molecule has 0 aromatic rings. The van der Waals surface area contributed by atoms with Crippen molar-refractivity contribution in [3.05, 3.63) is 0 Å². The van der Waals surface area contributed by atoms with Crippen LogP contribution in [0, 0.1) is 5.92 Å². The second-order valence-corrected chi connectivity index (χ2v) is 8.17. The summed E-state index contributed by atoms with van der Waals surface area (Å²) in [5.41, 5.74) is 10.7. The Balaban J connectivity index is 5.61. The number of aliphatic carboxylic acids is 3. The van der Waals surface area contributed by atoms with E-state index in [0.29, 0.717) is 0 Å². The van der Waals surface area contributed by atoms with E-state index in [9.17, 15) is 38.7 Å². The summed E-state index contributed by atoms with van der Waals surface area (Å²) in [4.78, 5) is 82.0. The molecule has 0 saturated carbocycles. The first kappa shape index (κ1) is 31.2. The molecule has 35 heavy (non-hydrogen) atoms. The highest BCUT2D eigenvalue weighted by molar-refractivity contribution is 5.94. The highest BCUT2D eigenvalue weighted by Crippen LogP contribution is 2.07. The molecule has 4 atom stereocenters. The van der Waals surface area contributed by atoms with Crippen LogP contribution in [0.15, 0.2) is 0 Å². The third-order valence-electron chi connectivity index (χ3n) is 4.83. The number of hydrogen-bond acceptors (Lipinski definition) is 8. The minimum atomic E-state index is -1.49. The third kappa shape index (κ3) is 12.9. The molecule has 15 nitrogen and oxygen atoms in total. The molecule has 10 N–H and O–H groups in total. The second-order valence-electron chi connectivity index (χ2n) is 8.17. The largest absolute Gasteiger partial charge is 0.481 e. The number of primary amides is 1. The molecule has 15 heteroatoms. The van der Waals surface area contributed by atoms with Gasteiger partial charge in [0.05, 0.1) is 6.04 Å². The number of carboxylic acids is 3. The minimum absolute atomic E-state index is 0.135. The average molecular weight is 504 g/mol. The Morgan fingerprint density at radius 3 is 1.49 bits per heavy atom. The van der Waals surface area contributed by atoms with Crippen LogP contribution in [-0.2, 0) is 33.6 Å². The fourth-order valence-corrected chi connectivity index (χ4v) is 2.82. The Bertz CT molecular complexity index is 816. The normalized spacial score (nSPS) is 14.2. The molecule has 0 aromatic carbocycles. The molecule has 4 amide bonds. The standard InChI is InChI=1S/C20H33N5O10/c1-9(2)16(20(34)35)25-19(33)12(5-8-15(29)30)24-18(32)11(4-7-14(27)28)23-17(31)10(21)3-6-13(22)26/h9-12,16H,3-8,21H2,1-2H3,(H2,22,26)(H,23,31)(H,24,32)(H,25,33)(H,27,28)(H,29,30)(H,34,35). The van der Waals surface area contributed by atoms with Gasteiger partial charge in [0.1, 0.15) is 18.1 Å². The summed E-state index contributed by atoms with van der Waals surface area (Å²) >= 11 is 0. The van der Waals surface area contributed by atoms with Crippen LogP contribution in [0.4, 0.5) is 0 Å². The van der Waals surface area contributed by atoms with Crippen LogP contribution in [0.3, 0.4) is 0 Å². The fourth-order valence-electron chi connectivity index (χ4n) is 2.82. The van der Waals surface area contributed by atoms with Gasteiger partial charge in [-0.05, 0) is 25.2 Å². The lowest BCUT2D eigenvalue weighted by molar-refractivity contribution is -0.144. The summed E-state index contributed by atoms with van der Waals surface area (Å²) in [6, 6.07) is -5.53. The summed E-state index contributed by atoms with van der Waals surface area (Å²) in [5, 5.41) is 33.9. The summed E-state index contributed by atoms with van der Waals surface area (Å²) in [6.45, 7) is 3.06. The molecule has 0 aromatic heterocycles. The Morgan fingerprint density at radius 1 is 0.686 bits per heavy atom. The van der Waals surface area contributed by atoms with E-state index in [2.05, 4.69) is 16.0 Å². The van der Waals surface area contributed by atoms with Gasteiger partial charge in [-0.25, -0.2) is 4.79 Å². The molecule has 0 rings (SSSR count). The molecule has 0 aliphatic carbocycles.